The van der Waals surface area contributed by atoms with Crippen molar-refractivity contribution >= 4 is 5.97 Å². The third kappa shape index (κ3) is 1.40. The number of hydrogen-bond donors (Lipinski definition) is 0. The minimum Gasteiger partial charge on any atom is -0.460 e. The maximum absolute atomic E-state index is 11.0. The lowest BCUT2D eigenvalue weighted by molar-refractivity contribution is -0.148. The molecule has 1 saturated heterocycles. The zero-order valence-electron chi connectivity index (χ0n) is 9.20. The highest BCUT2D eigenvalue weighted by Crippen LogP contribution is 2.58. The molecule has 0 aromatic rings. The Morgan fingerprint density at radius 1 is 1.33 bits per heavy atom. The van der Waals surface area contributed by atoms with Crippen LogP contribution in [0, 0.1) is 5.92 Å². The summed E-state index contributed by atoms with van der Waals surface area (Å²) in [5.74, 6) is 0.572. The highest BCUT2D eigenvalue weighted by atomic mass is 16.6. The van der Waals surface area contributed by atoms with Crippen molar-refractivity contribution in [1.82, 2.24) is 0 Å². The third-order valence-corrected chi connectivity index (χ3v) is 4.29. The molecule has 0 bridgehead atoms. The first-order chi connectivity index (χ1) is 7.22. The van der Waals surface area contributed by atoms with Gasteiger partial charge in [-0.1, -0.05) is 12.8 Å². The molecule has 0 unspecified atom stereocenters. The molecule has 3 heteroatoms. The second-order valence-electron chi connectivity index (χ2n) is 5.16. The summed E-state index contributed by atoms with van der Waals surface area (Å²) in [7, 11) is 0. The summed E-state index contributed by atoms with van der Waals surface area (Å²) in [6.45, 7) is 1.49. The van der Waals surface area contributed by atoms with E-state index in [9.17, 15) is 4.79 Å². The van der Waals surface area contributed by atoms with Crippen LogP contribution in [0.15, 0.2) is 0 Å². The topological polar surface area (TPSA) is 38.8 Å². The Hall–Kier alpha value is -0.570. The van der Waals surface area contributed by atoms with Crippen LogP contribution in [0.1, 0.15) is 45.4 Å². The van der Waals surface area contributed by atoms with Gasteiger partial charge in [-0.15, -0.1) is 0 Å². The van der Waals surface area contributed by atoms with E-state index >= 15 is 0 Å². The second kappa shape index (κ2) is 3.21. The first-order valence-corrected chi connectivity index (χ1v) is 6.07. The molecule has 3 fully saturated rings. The summed E-state index contributed by atoms with van der Waals surface area (Å²) < 4.78 is 11.2. The largest absolute Gasteiger partial charge is 0.460 e. The van der Waals surface area contributed by atoms with E-state index in [1.807, 2.05) is 0 Å². The maximum Gasteiger partial charge on any atom is 0.302 e. The van der Waals surface area contributed by atoms with Crippen molar-refractivity contribution < 1.29 is 14.3 Å². The molecule has 3 nitrogen and oxygen atoms in total. The van der Waals surface area contributed by atoms with E-state index in [0.29, 0.717) is 0 Å². The molecular weight excluding hydrogens is 192 g/mol. The minimum atomic E-state index is -0.167. The summed E-state index contributed by atoms with van der Waals surface area (Å²) in [5, 5.41) is 0. The van der Waals surface area contributed by atoms with E-state index in [2.05, 4.69) is 0 Å². The van der Waals surface area contributed by atoms with Gasteiger partial charge in [0, 0.05) is 6.92 Å². The van der Waals surface area contributed by atoms with Crippen LogP contribution >= 0.6 is 0 Å². The zero-order chi connectivity index (χ0) is 10.5. The average molecular weight is 210 g/mol. The van der Waals surface area contributed by atoms with Crippen LogP contribution in [0.4, 0.5) is 0 Å². The molecule has 1 spiro atoms. The number of hydrogen-bond acceptors (Lipinski definition) is 3. The van der Waals surface area contributed by atoms with Crippen LogP contribution in [-0.4, -0.2) is 23.8 Å². The van der Waals surface area contributed by atoms with Crippen molar-refractivity contribution in [2.75, 3.05) is 0 Å². The predicted octanol–water partition coefficient (Wildman–Crippen LogP) is 2.04. The Balaban J connectivity index is 1.72. The molecule has 0 aromatic carbocycles. The molecule has 0 amide bonds. The molecular formula is C12H18O3. The molecule has 0 N–H and O–H groups in total. The van der Waals surface area contributed by atoms with Crippen LogP contribution in [0.2, 0.25) is 0 Å². The summed E-state index contributed by atoms with van der Waals surface area (Å²) in [5.41, 5.74) is 0.122. The number of epoxide rings is 1. The number of carbonyl (C=O) groups is 1. The summed E-state index contributed by atoms with van der Waals surface area (Å²) in [6, 6.07) is 0. The minimum absolute atomic E-state index is 0.0387. The Kier molecular flexibility index (Phi) is 2.06. The lowest BCUT2D eigenvalue weighted by Gasteiger charge is -2.34. The van der Waals surface area contributed by atoms with Crippen molar-refractivity contribution in [3.8, 4) is 0 Å². The number of ether oxygens (including phenoxy) is 2. The Labute approximate surface area is 90.1 Å². The number of esters is 1. The summed E-state index contributed by atoms with van der Waals surface area (Å²) in [6.07, 6.45) is 7.55. The van der Waals surface area contributed by atoms with Gasteiger partial charge in [0.1, 0.15) is 17.8 Å². The quantitative estimate of drug-likeness (QED) is 0.491. The summed E-state index contributed by atoms with van der Waals surface area (Å²) in [4.78, 5) is 11.0. The Morgan fingerprint density at radius 2 is 2.20 bits per heavy atom. The van der Waals surface area contributed by atoms with E-state index in [0.717, 1.165) is 12.3 Å². The fourth-order valence-electron chi connectivity index (χ4n) is 3.60. The molecule has 1 aliphatic heterocycles. The average Bonchev–Trinajstić information content (AvgIpc) is 2.91. The molecule has 4 atom stereocenters. The van der Waals surface area contributed by atoms with E-state index in [-0.39, 0.29) is 23.8 Å². The molecule has 84 valence electrons. The number of carbonyl (C=O) groups excluding carboxylic acids is 1. The van der Waals surface area contributed by atoms with Crippen LogP contribution in [-0.2, 0) is 14.3 Å². The standard InChI is InChI=1S/C12H18O3/c1-8(13)14-10-6-5-9-4-2-3-7-12(9)11(10)15-12/h9-11H,2-7H2,1H3/t9-,10+,11-,12+/m0/s1. The van der Waals surface area contributed by atoms with Crippen molar-refractivity contribution in [2.24, 2.45) is 5.92 Å². The van der Waals surface area contributed by atoms with Crippen LogP contribution in [0.25, 0.3) is 0 Å². The van der Waals surface area contributed by atoms with Gasteiger partial charge in [0.25, 0.3) is 0 Å². The van der Waals surface area contributed by atoms with Crippen LogP contribution in [0.5, 0.6) is 0 Å². The SMILES string of the molecule is CC(=O)O[C@@H]1CC[C@@H]2CCCC[C@@]23O[C@@H]13. The van der Waals surface area contributed by atoms with Crippen molar-refractivity contribution in [1.29, 1.82) is 0 Å². The monoisotopic (exact) mass is 210 g/mol. The van der Waals surface area contributed by atoms with Crippen molar-refractivity contribution in [3.63, 3.8) is 0 Å². The van der Waals surface area contributed by atoms with Gasteiger partial charge in [-0.05, 0) is 31.6 Å². The van der Waals surface area contributed by atoms with Gasteiger partial charge in [-0.3, -0.25) is 4.79 Å². The molecule has 1 heterocycles. The van der Waals surface area contributed by atoms with E-state index < -0.39 is 0 Å². The molecule has 3 rings (SSSR count). The van der Waals surface area contributed by atoms with Crippen LogP contribution < -0.4 is 0 Å². The van der Waals surface area contributed by atoms with Gasteiger partial charge in [-0.25, -0.2) is 0 Å². The molecule has 2 saturated carbocycles. The smallest absolute Gasteiger partial charge is 0.302 e. The Bertz CT molecular complexity index is 289. The lowest BCUT2D eigenvalue weighted by atomic mass is 9.70. The maximum atomic E-state index is 11.0. The normalized spacial score (nSPS) is 47.7. The molecule has 0 aromatic heterocycles. The molecule has 0 radical (unpaired) electrons. The molecule has 2 aliphatic carbocycles. The van der Waals surface area contributed by atoms with Gasteiger partial charge in [0.2, 0.25) is 0 Å². The third-order valence-electron chi connectivity index (χ3n) is 4.29. The second-order valence-corrected chi connectivity index (χ2v) is 5.16. The van der Waals surface area contributed by atoms with E-state index in [4.69, 9.17) is 9.47 Å². The van der Waals surface area contributed by atoms with Crippen LogP contribution in [0.3, 0.4) is 0 Å². The van der Waals surface area contributed by atoms with Gasteiger partial charge < -0.3 is 9.47 Å². The molecule has 15 heavy (non-hydrogen) atoms. The predicted molar refractivity (Wildman–Crippen MR) is 54.4 cm³/mol. The van der Waals surface area contributed by atoms with Gasteiger partial charge in [0.05, 0.1) is 0 Å². The van der Waals surface area contributed by atoms with Gasteiger partial charge >= 0.3 is 5.97 Å². The van der Waals surface area contributed by atoms with Gasteiger partial charge in [0.15, 0.2) is 0 Å². The number of rotatable bonds is 1. The summed E-state index contributed by atoms with van der Waals surface area (Å²) >= 11 is 0. The van der Waals surface area contributed by atoms with Crippen molar-refractivity contribution in [3.05, 3.63) is 0 Å². The highest BCUT2D eigenvalue weighted by molar-refractivity contribution is 5.66. The van der Waals surface area contributed by atoms with Gasteiger partial charge in [-0.2, -0.15) is 0 Å². The van der Waals surface area contributed by atoms with Crippen molar-refractivity contribution in [2.45, 2.75) is 63.3 Å². The first kappa shape index (κ1) is 9.64. The highest BCUT2D eigenvalue weighted by Gasteiger charge is 2.67. The lowest BCUT2D eigenvalue weighted by Crippen LogP contribution is -2.41. The van der Waals surface area contributed by atoms with E-state index in [1.54, 1.807) is 0 Å². The van der Waals surface area contributed by atoms with E-state index in [1.165, 1.54) is 39.0 Å². The fraction of sp³-hybridized carbons (Fsp3) is 0.917. The fourth-order valence-corrected chi connectivity index (χ4v) is 3.60. The first-order valence-electron chi connectivity index (χ1n) is 6.07. The molecule has 3 aliphatic rings. The Morgan fingerprint density at radius 3 is 3.00 bits per heavy atom. The zero-order valence-corrected chi connectivity index (χ0v) is 9.20.